The minimum absolute atomic E-state index is 0.0964. The molecule has 0 saturated carbocycles. The van der Waals surface area contributed by atoms with Gasteiger partial charge in [0.2, 0.25) is 0 Å². The molecule has 0 heterocycles. The van der Waals surface area contributed by atoms with Crippen molar-refractivity contribution in [2.24, 2.45) is 5.16 Å². The summed E-state index contributed by atoms with van der Waals surface area (Å²) in [5.41, 5.74) is 0.426. The van der Waals surface area contributed by atoms with Gasteiger partial charge >= 0.3 is 5.97 Å². The van der Waals surface area contributed by atoms with Crippen LogP contribution in [0, 0.1) is 0 Å². The molecule has 4 heteroatoms. The maximum Gasteiger partial charge on any atom is 0.365 e. The fourth-order valence-corrected chi connectivity index (χ4v) is 0.919. The van der Waals surface area contributed by atoms with Crippen LogP contribution in [0.3, 0.4) is 0 Å². The number of rotatable bonds is 4. The molecule has 0 N–H and O–H groups in total. The van der Waals surface area contributed by atoms with Gasteiger partial charge in [-0.25, -0.2) is 4.79 Å². The second kappa shape index (κ2) is 6.29. The minimum Gasteiger partial charge on any atom is -0.313 e. The highest BCUT2D eigenvalue weighted by Crippen LogP contribution is 2.00. The summed E-state index contributed by atoms with van der Waals surface area (Å²) in [4.78, 5) is 26.4. The first-order valence-electron chi connectivity index (χ1n) is 4.67. The van der Waals surface area contributed by atoms with Crippen molar-refractivity contribution in [2.75, 3.05) is 0 Å². The summed E-state index contributed by atoms with van der Waals surface area (Å²) in [6.07, 6.45) is 3.96. The van der Waals surface area contributed by atoms with Crippen LogP contribution in [0.25, 0.3) is 0 Å². The number of allylic oxidation sites excluding steroid dienone is 2. The van der Waals surface area contributed by atoms with E-state index >= 15 is 0 Å². The Morgan fingerprint density at radius 3 is 2.56 bits per heavy atom. The molecule has 0 radical (unpaired) electrons. The predicted octanol–water partition coefficient (Wildman–Crippen LogP) is 1.97. The number of ketones is 1. The number of benzene rings is 1. The molecule has 82 valence electrons. The van der Waals surface area contributed by atoms with Gasteiger partial charge in [-0.2, -0.15) is 0 Å². The maximum absolute atomic E-state index is 11.3. The van der Waals surface area contributed by atoms with Crippen molar-refractivity contribution in [3.8, 4) is 0 Å². The SMILES string of the molecule is CC(=O)/C=C\C=N/OC(=O)c1ccccc1. The van der Waals surface area contributed by atoms with Crippen LogP contribution in [-0.2, 0) is 9.63 Å². The topological polar surface area (TPSA) is 55.7 Å². The van der Waals surface area contributed by atoms with Crippen molar-refractivity contribution in [2.45, 2.75) is 6.92 Å². The zero-order valence-electron chi connectivity index (χ0n) is 8.79. The highest BCUT2D eigenvalue weighted by molar-refractivity contribution is 5.92. The van der Waals surface area contributed by atoms with Gasteiger partial charge in [-0.3, -0.25) is 4.79 Å². The van der Waals surface area contributed by atoms with E-state index in [1.165, 1.54) is 25.3 Å². The van der Waals surface area contributed by atoms with E-state index in [4.69, 9.17) is 0 Å². The smallest absolute Gasteiger partial charge is 0.313 e. The molecule has 0 fully saturated rings. The molecule has 0 spiro atoms. The Hall–Kier alpha value is -2.23. The summed E-state index contributed by atoms with van der Waals surface area (Å²) in [5.74, 6) is -0.631. The zero-order valence-corrected chi connectivity index (χ0v) is 8.79. The Kier molecular flexibility index (Phi) is 4.66. The monoisotopic (exact) mass is 217 g/mol. The van der Waals surface area contributed by atoms with E-state index in [0.29, 0.717) is 5.56 Å². The van der Waals surface area contributed by atoms with Gasteiger partial charge in [-0.1, -0.05) is 23.4 Å². The molecule has 0 bridgehead atoms. The Morgan fingerprint density at radius 2 is 1.94 bits per heavy atom. The molecule has 0 amide bonds. The van der Waals surface area contributed by atoms with E-state index in [0.717, 1.165) is 0 Å². The van der Waals surface area contributed by atoms with Crippen molar-refractivity contribution in [1.29, 1.82) is 0 Å². The van der Waals surface area contributed by atoms with Crippen molar-refractivity contribution in [1.82, 2.24) is 0 Å². The first-order chi connectivity index (χ1) is 7.70. The Labute approximate surface area is 93.2 Å². The molecular formula is C12H11NO3. The van der Waals surface area contributed by atoms with Crippen molar-refractivity contribution < 1.29 is 14.4 Å². The number of carbonyl (C=O) groups is 2. The number of carbonyl (C=O) groups excluding carboxylic acids is 2. The van der Waals surface area contributed by atoms with E-state index in [2.05, 4.69) is 9.99 Å². The largest absolute Gasteiger partial charge is 0.365 e. The summed E-state index contributed by atoms with van der Waals surface area (Å²) in [5, 5.41) is 3.41. The second-order valence-corrected chi connectivity index (χ2v) is 2.97. The van der Waals surface area contributed by atoms with Crippen LogP contribution in [0.5, 0.6) is 0 Å². The normalized spacial score (nSPS) is 10.8. The Bertz CT molecular complexity index is 421. The first kappa shape index (κ1) is 11.8. The highest BCUT2D eigenvalue weighted by Gasteiger charge is 2.03. The number of hydrogen-bond donors (Lipinski definition) is 0. The number of nitrogens with zero attached hydrogens (tertiary/aromatic N) is 1. The molecular weight excluding hydrogens is 206 g/mol. The van der Waals surface area contributed by atoms with E-state index < -0.39 is 5.97 Å². The number of oxime groups is 1. The average Bonchev–Trinajstić information content (AvgIpc) is 2.29. The van der Waals surface area contributed by atoms with Crippen LogP contribution in [0.4, 0.5) is 0 Å². The fourth-order valence-electron chi connectivity index (χ4n) is 0.919. The van der Waals surface area contributed by atoms with Crippen LogP contribution < -0.4 is 0 Å². The van der Waals surface area contributed by atoms with Gasteiger partial charge in [-0.05, 0) is 31.2 Å². The zero-order chi connectivity index (χ0) is 11.8. The van der Waals surface area contributed by atoms with Gasteiger partial charge in [0.05, 0.1) is 11.8 Å². The second-order valence-electron chi connectivity index (χ2n) is 2.97. The lowest BCUT2D eigenvalue weighted by molar-refractivity contribution is -0.112. The minimum atomic E-state index is -0.534. The van der Waals surface area contributed by atoms with Crippen LogP contribution in [0.2, 0.25) is 0 Å². The van der Waals surface area contributed by atoms with Crippen LogP contribution in [0.1, 0.15) is 17.3 Å². The molecule has 0 aliphatic rings. The molecule has 4 nitrogen and oxygen atoms in total. The lowest BCUT2D eigenvalue weighted by Gasteiger charge is -1.95. The maximum atomic E-state index is 11.3. The van der Waals surface area contributed by atoms with Gasteiger partial charge in [0.1, 0.15) is 0 Å². The molecule has 0 saturated heterocycles. The van der Waals surface area contributed by atoms with E-state index in [-0.39, 0.29) is 5.78 Å². The molecule has 16 heavy (non-hydrogen) atoms. The molecule has 0 aromatic heterocycles. The summed E-state index contributed by atoms with van der Waals surface area (Å²) in [6, 6.07) is 8.52. The number of hydrogen-bond acceptors (Lipinski definition) is 4. The molecule has 1 aromatic rings. The third-order valence-electron chi connectivity index (χ3n) is 1.62. The molecule has 1 aromatic carbocycles. The Morgan fingerprint density at radius 1 is 1.25 bits per heavy atom. The summed E-state index contributed by atoms with van der Waals surface area (Å²) in [6.45, 7) is 1.42. The van der Waals surface area contributed by atoms with Gasteiger partial charge in [0.15, 0.2) is 5.78 Å². The molecule has 0 aliphatic carbocycles. The molecule has 0 unspecified atom stereocenters. The van der Waals surface area contributed by atoms with Crippen molar-refractivity contribution in [3.63, 3.8) is 0 Å². The molecule has 1 rings (SSSR count). The summed E-state index contributed by atoms with van der Waals surface area (Å²) >= 11 is 0. The van der Waals surface area contributed by atoms with Gasteiger partial charge in [0, 0.05) is 0 Å². The molecule has 0 atom stereocenters. The van der Waals surface area contributed by atoms with E-state index in [9.17, 15) is 9.59 Å². The van der Waals surface area contributed by atoms with Gasteiger partial charge in [-0.15, -0.1) is 0 Å². The lowest BCUT2D eigenvalue weighted by Crippen LogP contribution is -1.99. The van der Waals surface area contributed by atoms with Crippen LogP contribution in [0.15, 0.2) is 47.6 Å². The van der Waals surface area contributed by atoms with Crippen molar-refractivity contribution in [3.05, 3.63) is 48.0 Å². The van der Waals surface area contributed by atoms with Gasteiger partial charge in [0.25, 0.3) is 0 Å². The van der Waals surface area contributed by atoms with E-state index in [1.54, 1.807) is 30.3 Å². The quantitative estimate of drug-likeness (QED) is 0.335. The fraction of sp³-hybridized carbons (Fsp3) is 0.0833. The van der Waals surface area contributed by atoms with Crippen LogP contribution >= 0.6 is 0 Å². The van der Waals surface area contributed by atoms with E-state index in [1.807, 2.05) is 0 Å². The molecule has 0 aliphatic heterocycles. The highest BCUT2D eigenvalue weighted by atomic mass is 16.7. The summed E-state index contributed by atoms with van der Waals surface area (Å²) in [7, 11) is 0. The Balaban J connectivity index is 2.45. The standard InChI is InChI=1S/C12H11NO3/c1-10(14)6-5-9-13-16-12(15)11-7-3-2-4-8-11/h2-9H,1H3/b6-5-,13-9-. The third-order valence-corrected chi connectivity index (χ3v) is 1.62. The van der Waals surface area contributed by atoms with Gasteiger partial charge < -0.3 is 4.84 Å². The average molecular weight is 217 g/mol. The predicted molar refractivity (Wildman–Crippen MR) is 60.2 cm³/mol. The first-order valence-corrected chi connectivity index (χ1v) is 4.67. The third kappa shape index (κ3) is 4.32. The lowest BCUT2D eigenvalue weighted by atomic mass is 10.2. The van der Waals surface area contributed by atoms with Crippen molar-refractivity contribution >= 4 is 18.0 Å². The summed E-state index contributed by atoms with van der Waals surface area (Å²) < 4.78 is 0. The van der Waals surface area contributed by atoms with Crippen LogP contribution in [-0.4, -0.2) is 18.0 Å².